The topological polar surface area (TPSA) is 149 Å². The van der Waals surface area contributed by atoms with Crippen LogP contribution in [0.25, 0.3) is 11.0 Å². The molecule has 1 aromatic heterocycles. The third-order valence-electron chi connectivity index (χ3n) is 12.9. The number of aliphatic hydroxyl groups excluding tert-OH is 1. The lowest BCUT2D eigenvalue weighted by Gasteiger charge is -2.46. The summed E-state index contributed by atoms with van der Waals surface area (Å²) in [6, 6.07) is 47.2. The van der Waals surface area contributed by atoms with Gasteiger partial charge in [0.25, 0.3) is 0 Å². The molecule has 4 N–H and O–H groups in total. The van der Waals surface area contributed by atoms with Crippen molar-refractivity contribution in [2.45, 2.75) is 42.7 Å². The molecular weight excluding hydrogens is 829 g/mol. The number of fused-ring (bicyclic) bond motifs is 4. The minimum absolute atomic E-state index is 0.00224. The number of aromatic nitrogens is 2. The molecule has 0 unspecified atom stereocenters. The summed E-state index contributed by atoms with van der Waals surface area (Å²) < 4.78 is 12.6. The second-order valence-corrected chi connectivity index (χ2v) is 17.0. The van der Waals surface area contributed by atoms with Gasteiger partial charge in [0.15, 0.2) is 0 Å². The van der Waals surface area contributed by atoms with E-state index in [1.54, 1.807) is 6.07 Å². The Morgan fingerprint density at radius 2 is 1.56 bits per heavy atom. The molecule has 330 valence electrons. The summed E-state index contributed by atoms with van der Waals surface area (Å²) in [4.78, 5) is 58.6. The molecule has 0 saturated carbocycles. The van der Waals surface area contributed by atoms with Crippen molar-refractivity contribution >= 4 is 34.5 Å². The first-order valence-corrected chi connectivity index (χ1v) is 22.1. The van der Waals surface area contributed by atoms with Crippen LogP contribution in [-0.4, -0.2) is 75.5 Å². The van der Waals surface area contributed by atoms with E-state index in [4.69, 9.17) is 14.5 Å². The summed E-state index contributed by atoms with van der Waals surface area (Å²) in [7, 11) is 2.01. The number of nitrogens with zero attached hydrogens (tertiary/aromatic N) is 3. The van der Waals surface area contributed by atoms with E-state index in [1.807, 2.05) is 151 Å². The van der Waals surface area contributed by atoms with Gasteiger partial charge in [-0.2, -0.15) is 0 Å². The van der Waals surface area contributed by atoms with Crippen LogP contribution in [0, 0.1) is 17.8 Å². The third-order valence-corrected chi connectivity index (χ3v) is 12.9. The molecule has 66 heavy (non-hydrogen) atoms. The highest BCUT2D eigenvalue weighted by Crippen LogP contribution is 2.65. The average Bonchev–Trinajstić information content (AvgIpc) is 4.01. The summed E-state index contributed by atoms with van der Waals surface area (Å²) in [5.74, 6) is 4.72. The van der Waals surface area contributed by atoms with Crippen molar-refractivity contribution in [3.8, 4) is 17.6 Å². The van der Waals surface area contributed by atoms with E-state index in [-0.39, 0.29) is 19.8 Å². The maximum atomic E-state index is 15.6. The van der Waals surface area contributed by atoms with Crippen LogP contribution in [0.2, 0.25) is 0 Å². The van der Waals surface area contributed by atoms with Gasteiger partial charge in [-0.25, -0.2) is 4.98 Å². The Balaban J connectivity index is 1.16. The number of amides is 2. The van der Waals surface area contributed by atoms with E-state index in [0.717, 1.165) is 22.2 Å². The molecule has 1 spiro atoms. The van der Waals surface area contributed by atoms with E-state index in [9.17, 15) is 5.11 Å². The first kappa shape index (κ1) is 42.4. The van der Waals surface area contributed by atoms with Gasteiger partial charge in [-0.1, -0.05) is 127 Å². The molecule has 12 nitrogen and oxygen atoms in total. The number of benzene rings is 6. The second-order valence-electron chi connectivity index (χ2n) is 17.0. The van der Waals surface area contributed by atoms with Crippen molar-refractivity contribution in [2.24, 2.45) is 5.92 Å². The Kier molecular flexibility index (Phi) is 11.7. The molecule has 10 rings (SSSR count). The number of carbonyl (C=O) groups is 3. The first-order valence-electron chi connectivity index (χ1n) is 22.1. The average molecular weight is 877 g/mol. The number of cyclic esters (lactones) is 1. The Bertz CT molecular complexity index is 2940. The molecule has 3 aliphatic rings. The monoisotopic (exact) mass is 876 g/mol. The summed E-state index contributed by atoms with van der Waals surface area (Å²) >= 11 is 0. The smallest absolute Gasteiger partial charge is 0.324 e. The van der Waals surface area contributed by atoms with Crippen molar-refractivity contribution in [2.75, 3.05) is 32.1 Å². The van der Waals surface area contributed by atoms with Gasteiger partial charge in [0, 0.05) is 17.8 Å². The highest BCUT2D eigenvalue weighted by atomic mass is 16.6. The number of imidazole rings is 1. The van der Waals surface area contributed by atoms with Gasteiger partial charge in [-0.15, -0.1) is 0 Å². The minimum Gasteiger partial charge on any atom is -0.491 e. The molecule has 4 heterocycles. The summed E-state index contributed by atoms with van der Waals surface area (Å²) in [5.41, 5.74) is 4.92. The lowest BCUT2D eigenvalue weighted by molar-refractivity contribution is -0.178. The van der Waals surface area contributed by atoms with Crippen LogP contribution in [0.15, 0.2) is 158 Å². The van der Waals surface area contributed by atoms with Crippen molar-refractivity contribution in [3.05, 3.63) is 197 Å². The number of hydrogen-bond donors (Lipinski definition) is 4. The summed E-state index contributed by atoms with van der Waals surface area (Å²) in [6.45, 7) is 1.03. The van der Waals surface area contributed by atoms with Crippen LogP contribution < -0.4 is 15.4 Å². The van der Waals surface area contributed by atoms with Crippen molar-refractivity contribution in [3.63, 3.8) is 0 Å². The van der Waals surface area contributed by atoms with E-state index < -0.39 is 53.3 Å². The van der Waals surface area contributed by atoms with E-state index in [2.05, 4.69) is 44.5 Å². The van der Waals surface area contributed by atoms with Gasteiger partial charge in [-0.3, -0.25) is 24.2 Å². The fourth-order valence-corrected chi connectivity index (χ4v) is 10.2. The Labute approximate surface area is 382 Å². The highest BCUT2D eigenvalue weighted by Gasteiger charge is 2.74. The van der Waals surface area contributed by atoms with Crippen molar-refractivity contribution in [1.82, 2.24) is 25.1 Å². The summed E-state index contributed by atoms with van der Waals surface area (Å²) in [6.07, 6.45) is -0.822. The second kappa shape index (κ2) is 18.1. The van der Waals surface area contributed by atoms with Crippen LogP contribution in [0.5, 0.6) is 5.75 Å². The van der Waals surface area contributed by atoms with Gasteiger partial charge in [-0.05, 0) is 77.3 Å². The number of aromatic amines is 1. The van der Waals surface area contributed by atoms with Gasteiger partial charge in [0.05, 0.1) is 48.7 Å². The minimum atomic E-state index is -1.73. The van der Waals surface area contributed by atoms with Gasteiger partial charge in [0.2, 0.25) is 11.8 Å². The van der Waals surface area contributed by atoms with Gasteiger partial charge >= 0.3 is 5.97 Å². The molecule has 2 amide bonds. The predicted octanol–water partition coefficient (Wildman–Crippen LogP) is 7.00. The first-order chi connectivity index (χ1) is 32.3. The largest absolute Gasteiger partial charge is 0.491 e. The molecule has 12 heteroatoms. The number of carbonyl (C=O) groups excluding carboxylic acids is 3. The van der Waals surface area contributed by atoms with E-state index >= 15 is 14.4 Å². The zero-order chi connectivity index (χ0) is 45.2. The lowest BCUT2D eigenvalue weighted by Crippen LogP contribution is -2.54. The number of para-hydroxylation sites is 2. The van der Waals surface area contributed by atoms with Crippen LogP contribution in [-0.2, 0) is 37.6 Å². The van der Waals surface area contributed by atoms with E-state index in [1.165, 1.54) is 5.56 Å². The lowest BCUT2D eigenvalue weighted by atomic mass is 9.65. The fraction of sp³-hybridized carbons (Fsp3) is 0.222. The zero-order valence-corrected chi connectivity index (χ0v) is 36.3. The number of anilines is 1. The number of ether oxygens (including phenoxy) is 2. The number of hydrogen-bond acceptors (Lipinski definition) is 9. The zero-order valence-electron chi connectivity index (χ0n) is 36.3. The Morgan fingerprint density at radius 3 is 2.32 bits per heavy atom. The van der Waals surface area contributed by atoms with E-state index in [0.29, 0.717) is 47.0 Å². The number of esters is 1. The Hall–Kier alpha value is -7.56. The maximum Gasteiger partial charge on any atom is 0.324 e. The molecule has 6 aromatic carbocycles. The predicted molar refractivity (Wildman–Crippen MR) is 250 cm³/mol. The number of rotatable bonds is 12. The normalized spacial score (nSPS) is 22.0. The molecule has 2 fully saturated rings. The fourth-order valence-electron chi connectivity index (χ4n) is 10.2. The number of aliphatic hydroxyl groups is 1. The van der Waals surface area contributed by atoms with Crippen LogP contribution in [0.3, 0.4) is 0 Å². The molecule has 6 atom stereocenters. The van der Waals surface area contributed by atoms with Gasteiger partial charge < -0.3 is 30.2 Å². The van der Waals surface area contributed by atoms with Crippen LogP contribution >= 0.6 is 0 Å². The molecule has 0 radical (unpaired) electrons. The van der Waals surface area contributed by atoms with Crippen LogP contribution in [0.1, 0.15) is 57.4 Å². The van der Waals surface area contributed by atoms with Gasteiger partial charge in [0.1, 0.15) is 35.7 Å². The van der Waals surface area contributed by atoms with Crippen LogP contribution in [0.4, 0.5) is 5.69 Å². The maximum absolute atomic E-state index is 15.6. The quantitative estimate of drug-likeness (QED) is 0.0752. The number of H-pyrrole nitrogens is 1. The molecule has 2 saturated heterocycles. The van der Waals surface area contributed by atoms with Crippen molar-refractivity contribution in [1.29, 1.82) is 0 Å². The SMILES string of the molecule is CN(CC#Cc1ccc2c(c1)[C@]1(C(=O)N2)[C@H](c2cccc(OCCO)c2)N2[C@H](c3ccccc3)[C@H](c3ccccc3)OC(=O)[C@H]2[C@@H]1C(=O)NCc1nc2ccccc2[nH]1)Cc1ccccc1. The molecule has 0 aliphatic carbocycles. The van der Waals surface area contributed by atoms with Crippen molar-refractivity contribution < 1.29 is 29.0 Å². The summed E-state index contributed by atoms with van der Waals surface area (Å²) in [5, 5.41) is 16.0. The number of nitrogens with one attached hydrogen (secondary N) is 3. The molecule has 7 aromatic rings. The Morgan fingerprint density at radius 1 is 0.848 bits per heavy atom. The molecule has 0 bridgehead atoms. The molecule has 3 aliphatic heterocycles. The third kappa shape index (κ3) is 7.77. The standard InChI is InChI=1S/C54H48N6O6/c1-59(34-36-15-5-2-6-16-36)28-14-17-35-26-27-42-41(31-35)54(53(64)58-42)46(51(62)55-33-45-56-43-24-11-12-25-44(43)57-45)48-52(63)66-49(38-20-9-4-10-21-38)47(37-18-7-3-8-19-37)60(48)50(54)39-22-13-23-40(32-39)65-30-29-61/h2-13,15-16,18-27,31-32,46-50,61H,28-30,33-34H2,1H3,(H,55,62)(H,56,57)(H,58,64)/t46-,47-,48-,49+,50+,54-/m1/s1. The highest BCUT2D eigenvalue weighted by molar-refractivity contribution is 6.12. The molecular formula is C54H48N6O6. The number of morpholine rings is 1.